The Hall–Kier alpha value is -1.23. The minimum absolute atomic E-state index is 0.0556. The molecule has 0 unspecified atom stereocenters. The molecule has 94 valence electrons. The van der Waals surface area contributed by atoms with E-state index in [-0.39, 0.29) is 5.75 Å². The molecule has 1 saturated carbocycles. The van der Waals surface area contributed by atoms with Crippen LogP contribution in [0.1, 0.15) is 29.9 Å². The molecule has 0 atom stereocenters. The molecule has 1 aromatic rings. The summed E-state index contributed by atoms with van der Waals surface area (Å²) in [6, 6.07) is 3.70. The number of hydrogen-bond acceptors (Lipinski definition) is 4. The SMILES string of the molecule is CNc1ccc(N)c(C2CC2)c1CS(C)(=O)=O. The van der Waals surface area contributed by atoms with Crippen LogP contribution < -0.4 is 11.1 Å². The fourth-order valence-corrected chi connectivity index (χ4v) is 3.02. The predicted molar refractivity (Wildman–Crippen MR) is 70.9 cm³/mol. The molecule has 0 aliphatic heterocycles. The van der Waals surface area contributed by atoms with Gasteiger partial charge in [0.05, 0.1) is 5.75 Å². The highest BCUT2D eigenvalue weighted by Crippen LogP contribution is 2.46. The molecular weight excluding hydrogens is 236 g/mol. The predicted octanol–water partition coefficient (Wildman–Crippen LogP) is 1.73. The molecule has 2 rings (SSSR count). The second-order valence-corrected chi connectivity index (χ2v) is 6.83. The maximum atomic E-state index is 11.5. The summed E-state index contributed by atoms with van der Waals surface area (Å²) in [4.78, 5) is 0. The first kappa shape index (κ1) is 12.2. The van der Waals surface area contributed by atoms with Gasteiger partial charge in [-0.1, -0.05) is 0 Å². The minimum atomic E-state index is -3.05. The van der Waals surface area contributed by atoms with Crippen molar-refractivity contribution in [1.82, 2.24) is 0 Å². The van der Waals surface area contributed by atoms with Crippen molar-refractivity contribution in [2.45, 2.75) is 24.5 Å². The Morgan fingerprint density at radius 3 is 2.53 bits per heavy atom. The molecule has 17 heavy (non-hydrogen) atoms. The van der Waals surface area contributed by atoms with E-state index in [1.54, 1.807) is 7.05 Å². The summed E-state index contributed by atoms with van der Waals surface area (Å²) in [5, 5.41) is 3.05. The number of anilines is 2. The van der Waals surface area contributed by atoms with E-state index in [1.165, 1.54) is 6.26 Å². The number of nitrogens with one attached hydrogen (secondary N) is 1. The summed E-state index contributed by atoms with van der Waals surface area (Å²) < 4.78 is 23.0. The van der Waals surface area contributed by atoms with Gasteiger partial charge in [-0.15, -0.1) is 0 Å². The smallest absolute Gasteiger partial charge is 0.151 e. The van der Waals surface area contributed by atoms with E-state index in [2.05, 4.69) is 5.32 Å². The van der Waals surface area contributed by atoms with E-state index in [0.29, 0.717) is 11.6 Å². The van der Waals surface area contributed by atoms with Gasteiger partial charge in [-0.25, -0.2) is 8.42 Å². The van der Waals surface area contributed by atoms with Crippen molar-refractivity contribution in [3.63, 3.8) is 0 Å². The molecule has 0 amide bonds. The molecule has 0 saturated heterocycles. The molecule has 1 aliphatic carbocycles. The summed E-state index contributed by atoms with van der Waals surface area (Å²) in [7, 11) is -1.25. The van der Waals surface area contributed by atoms with E-state index in [1.807, 2.05) is 12.1 Å². The van der Waals surface area contributed by atoms with Crippen molar-refractivity contribution in [1.29, 1.82) is 0 Å². The molecule has 0 radical (unpaired) electrons. The molecule has 5 heteroatoms. The molecule has 1 aromatic carbocycles. The maximum absolute atomic E-state index is 11.5. The minimum Gasteiger partial charge on any atom is -0.398 e. The average Bonchev–Trinajstić information content (AvgIpc) is 3.00. The van der Waals surface area contributed by atoms with Gasteiger partial charge in [0, 0.05) is 24.7 Å². The van der Waals surface area contributed by atoms with Gasteiger partial charge < -0.3 is 11.1 Å². The normalized spacial score (nSPS) is 15.9. The van der Waals surface area contributed by atoms with E-state index in [9.17, 15) is 8.42 Å². The Labute approximate surface area is 102 Å². The van der Waals surface area contributed by atoms with Gasteiger partial charge in [-0.05, 0) is 42.0 Å². The number of hydrogen-bond donors (Lipinski definition) is 2. The highest BCUT2D eigenvalue weighted by Gasteiger charge is 2.30. The first-order chi connectivity index (χ1) is 7.92. The summed E-state index contributed by atoms with van der Waals surface area (Å²) >= 11 is 0. The zero-order valence-corrected chi connectivity index (χ0v) is 11.0. The lowest BCUT2D eigenvalue weighted by Gasteiger charge is -2.16. The summed E-state index contributed by atoms with van der Waals surface area (Å²) in [6.07, 6.45) is 3.47. The van der Waals surface area contributed by atoms with Crippen molar-refractivity contribution >= 4 is 21.2 Å². The molecule has 1 aliphatic rings. The number of nitrogens with two attached hydrogens (primary N) is 1. The quantitative estimate of drug-likeness (QED) is 0.803. The van der Waals surface area contributed by atoms with E-state index >= 15 is 0 Å². The van der Waals surface area contributed by atoms with Crippen LogP contribution in [0.15, 0.2) is 12.1 Å². The zero-order valence-electron chi connectivity index (χ0n) is 10.2. The van der Waals surface area contributed by atoms with Crippen molar-refractivity contribution in [3.05, 3.63) is 23.3 Å². The average molecular weight is 254 g/mol. The van der Waals surface area contributed by atoms with Crippen LogP contribution in [-0.2, 0) is 15.6 Å². The maximum Gasteiger partial charge on any atom is 0.151 e. The Morgan fingerprint density at radius 1 is 1.41 bits per heavy atom. The van der Waals surface area contributed by atoms with E-state index in [0.717, 1.165) is 29.7 Å². The van der Waals surface area contributed by atoms with Crippen LogP contribution in [0.25, 0.3) is 0 Å². The fourth-order valence-electron chi connectivity index (χ4n) is 2.19. The third kappa shape index (κ3) is 2.72. The second kappa shape index (κ2) is 4.22. The monoisotopic (exact) mass is 254 g/mol. The van der Waals surface area contributed by atoms with Crippen molar-refractivity contribution < 1.29 is 8.42 Å². The highest BCUT2D eigenvalue weighted by molar-refractivity contribution is 7.89. The first-order valence-electron chi connectivity index (χ1n) is 5.69. The number of benzene rings is 1. The lowest BCUT2D eigenvalue weighted by molar-refractivity contribution is 0.601. The molecule has 0 bridgehead atoms. The van der Waals surface area contributed by atoms with Crippen LogP contribution in [0, 0.1) is 0 Å². The third-order valence-corrected chi connectivity index (χ3v) is 3.87. The van der Waals surface area contributed by atoms with Gasteiger partial charge in [0.1, 0.15) is 0 Å². The zero-order chi connectivity index (χ0) is 12.6. The Balaban J connectivity index is 2.54. The number of rotatable bonds is 4. The molecule has 0 aromatic heterocycles. The highest BCUT2D eigenvalue weighted by atomic mass is 32.2. The number of nitrogen functional groups attached to an aromatic ring is 1. The Morgan fingerprint density at radius 2 is 2.06 bits per heavy atom. The summed E-state index contributed by atoms with van der Waals surface area (Å²) in [6.45, 7) is 0. The van der Waals surface area contributed by atoms with Crippen molar-refractivity contribution in [3.8, 4) is 0 Å². The van der Waals surface area contributed by atoms with Crippen LogP contribution in [0.2, 0.25) is 0 Å². The molecule has 1 fully saturated rings. The van der Waals surface area contributed by atoms with Crippen LogP contribution in [-0.4, -0.2) is 21.7 Å². The van der Waals surface area contributed by atoms with Crippen molar-refractivity contribution in [2.24, 2.45) is 0 Å². The third-order valence-electron chi connectivity index (χ3n) is 3.05. The van der Waals surface area contributed by atoms with Gasteiger partial charge in [0.25, 0.3) is 0 Å². The largest absolute Gasteiger partial charge is 0.398 e. The van der Waals surface area contributed by atoms with Crippen LogP contribution >= 0.6 is 0 Å². The Bertz CT molecular complexity index is 534. The van der Waals surface area contributed by atoms with Crippen molar-refractivity contribution in [2.75, 3.05) is 24.4 Å². The van der Waals surface area contributed by atoms with Gasteiger partial charge in [0.2, 0.25) is 0 Å². The summed E-state index contributed by atoms with van der Waals surface area (Å²) in [5.41, 5.74) is 9.44. The van der Waals surface area contributed by atoms with Gasteiger partial charge in [-0.3, -0.25) is 0 Å². The van der Waals surface area contributed by atoms with Gasteiger partial charge in [0.15, 0.2) is 9.84 Å². The molecular formula is C12H18N2O2S. The van der Waals surface area contributed by atoms with E-state index in [4.69, 9.17) is 5.73 Å². The van der Waals surface area contributed by atoms with Crippen LogP contribution in [0.3, 0.4) is 0 Å². The molecule has 0 spiro atoms. The lowest BCUT2D eigenvalue weighted by atomic mass is 10.0. The first-order valence-corrected chi connectivity index (χ1v) is 7.75. The van der Waals surface area contributed by atoms with E-state index < -0.39 is 9.84 Å². The molecule has 0 heterocycles. The van der Waals surface area contributed by atoms with Gasteiger partial charge >= 0.3 is 0 Å². The molecule has 3 N–H and O–H groups in total. The Kier molecular flexibility index (Phi) is 3.03. The fraction of sp³-hybridized carbons (Fsp3) is 0.500. The van der Waals surface area contributed by atoms with Crippen LogP contribution in [0.5, 0.6) is 0 Å². The van der Waals surface area contributed by atoms with Gasteiger partial charge in [-0.2, -0.15) is 0 Å². The number of sulfone groups is 1. The lowest BCUT2D eigenvalue weighted by Crippen LogP contribution is -2.09. The standard InChI is InChI=1S/C12H18N2O2S/c1-14-11-6-5-10(13)12(8-3-4-8)9(11)7-17(2,15)16/h5-6,8,14H,3-4,7,13H2,1-2H3. The molecule has 4 nitrogen and oxygen atoms in total. The van der Waals surface area contributed by atoms with Crippen LogP contribution in [0.4, 0.5) is 11.4 Å². The summed E-state index contributed by atoms with van der Waals surface area (Å²) in [5.74, 6) is 0.500. The topological polar surface area (TPSA) is 72.2 Å². The second-order valence-electron chi connectivity index (χ2n) is 4.69.